The van der Waals surface area contributed by atoms with E-state index in [4.69, 9.17) is 32.7 Å². The molecule has 9 heteroatoms. The first kappa shape index (κ1) is 24.3. The molecule has 30 heavy (non-hydrogen) atoms. The first-order valence-electron chi connectivity index (χ1n) is 9.35. The van der Waals surface area contributed by atoms with Gasteiger partial charge in [-0.3, -0.25) is 20.4 Å². The Bertz CT molecular complexity index is 893. The summed E-state index contributed by atoms with van der Waals surface area (Å²) in [5.74, 6) is 0.459. The third-order valence-electron chi connectivity index (χ3n) is 3.77. The van der Waals surface area contributed by atoms with Crippen LogP contribution in [-0.2, 0) is 4.79 Å². The molecular weight excluding hydrogens is 495 g/mol. The lowest BCUT2D eigenvalue weighted by atomic mass is 10.2. The number of amides is 2. The minimum Gasteiger partial charge on any atom is -0.492 e. The summed E-state index contributed by atoms with van der Waals surface area (Å²) in [7, 11) is 0. The standard InChI is InChI=1S/C21H23BrCl2N2O4/c1-13(2)12-30-18-7-5-14(22)10-16(18)21(28)26-25-20(27)4-3-9-29-19-8-6-15(23)11-17(19)24/h5-8,10-11,13H,3-4,9,12H2,1-2H3,(H,25,27)(H,26,28). The molecular formula is C21H23BrCl2N2O4. The highest BCUT2D eigenvalue weighted by molar-refractivity contribution is 9.10. The molecule has 2 aromatic carbocycles. The van der Waals surface area contributed by atoms with Gasteiger partial charge in [0.05, 0.1) is 23.8 Å². The molecule has 0 aliphatic rings. The fourth-order valence-corrected chi connectivity index (χ4v) is 3.15. The SMILES string of the molecule is CC(C)COc1ccc(Br)cc1C(=O)NNC(=O)CCCOc1ccc(Cl)cc1Cl. The Morgan fingerprint density at radius 2 is 1.77 bits per heavy atom. The number of ether oxygens (including phenoxy) is 2. The van der Waals surface area contributed by atoms with E-state index in [2.05, 4.69) is 26.8 Å². The molecule has 0 unspecified atom stereocenters. The number of hydrogen-bond acceptors (Lipinski definition) is 4. The Morgan fingerprint density at radius 3 is 2.47 bits per heavy atom. The van der Waals surface area contributed by atoms with Crippen molar-refractivity contribution < 1.29 is 19.1 Å². The van der Waals surface area contributed by atoms with Gasteiger partial charge in [-0.25, -0.2) is 0 Å². The number of carbonyl (C=O) groups excluding carboxylic acids is 2. The van der Waals surface area contributed by atoms with Crippen LogP contribution in [0.5, 0.6) is 11.5 Å². The fraction of sp³-hybridized carbons (Fsp3) is 0.333. The van der Waals surface area contributed by atoms with E-state index < -0.39 is 5.91 Å². The highest BCUT2D eigenvalue weighted by atomic mass is 79.9. The molecule has 0 saturated carbocycles. The van der Waals surface area contributed by atoms with Crippen molar-refractivity contribution >= 4 is 50.9 Å². The van der Waals surface area contributed by atoms with Crippen molar-refractivity contribution in [3.63, 3.8) is 0 Å². The minimum atomic E-state index is -0.465. The maximum Gasteiger partial charge on any atom is 0.273 e. The second kappa shape index (κ2) is 12.0. The Balaban J connectivity index is 1.79. The van der Waals surface area contributed by atoms with Crippen molar-refractivity contribution in [1.82, 2.24) is 10.9 Å². The molecule has 0 aliphatic carbocycles. The molecule has 2 aromatic rings. The first-order valence-corrected chi connectivity index (χ1v) is 10.9. The van der Waals surface area contributed by atoms with Gasteiger partial charge in [-0.05, 0) is 48.7 Å². The van der Waals surface area contributed by atoms with E-state index in [1.807, 2.05) is 13.8 Å². The lowest BCUT2D eigenvalue weighted by Crippen LogP contribution is -2.41. The molecule has 6 nitrogen and oxygen atoms in total. The zero-order valence-corrected chi connectivity index (χ0v) is 19.7. The van der Waals surface area contributed by atoms with Gasteiger partial charge in [0.25, 0.3) is 5.91 Å². The fourth-order valence-electron chi connectivity index (χ4n) is 2.33. The Hall–Kier alpha value is -1.96. The van der Waals surface area contributed by atoms with E-state index in [1.54, 1.807) is 36.4 Å². The van der Waals surface area contributed by atoms with E-state index in [9.17, 15) is 9.59 Å². The van der Waals surface area contributed by atoms with Crippen molar-refractivity contribution in [3.05, 3.63) is 56.5 Å². The number of nitrogens with one attached hydrogen (secondary N) is 2. The predicted octanol–water partition coefficient (Wildman–Crippen LogP) is 5.41. The van der Waals surface area contributed by atoms with E-state index in [1.165, 1.54) is 0 Å². The van der Waals surface area contributed by atoms with E-state index >= 15 is 0 Å². The van der Waals surface area contributed by atoms with Crippen LogP contribution in [0.2, 0.25) is 10.0 Å². The molecule has 0 saturated heterocycles. The molecule has 162 valence electrons. The Labute approximate surface area is 194 Å². The summed E-state index contributed by atoms with van der Waals surface area (Å²) in [4.78, 5) is 24.5. The summed E-state index contributed by atoms with van der Waals surface area (Å²) in [6.07, 6.45) is 0.612. The maximum absolute atomic E-state index is 12.5. The van der Waals surface area contributed by atoms with Gasteiger partial charge in [-0.2, -0.15) is 0 Å². The van der Waals surface area contributed by atoms with E-state index in [-0.39, 0.29) is 12.3 Å². The Morgan fingerprint density at radius 1 is 1.03 bits per heavy atom. The molecule has 0 spiro atoms. The zero-order valence-electron chi connectivity index (χ0n) is 16.6. The zero-order chi connectivity index (χ0) is 22.1. The van der Waals surface area contributed by atoms with Crippen LogP contribution >= 0.6 is 39.1 Å². The second-order valence-electron chi connectivity index (χ2n) is 6.87. The van der Waals surface area contributed by atoms with Crippen LogP contribution in [0.1, 0.15) is 37.0 Å². The summed E-state index contributed by atoms with van der Waals surface area (Å²) in [6, 6.07) is 10.1. The summed E-state index contributed by atoms with van der Waals surface area (Å²) < 4.78 is 12.0. The largest absolute Gasteiger partial charge is 0.492 e. The first-order chi connectivity index (χ1) is 14.3. The second-order valence-corrected chi connectivity index (χ2v) is 8.63. The molecule has 0 atom stereocenters. The molecule has 0 heterocycles. The molecule has 0 aromatic heterocycles. The maximum atomic E-state index is 12.5. The average molecular weight is 518 g/mol. The number of hydrazine groups is 1. The van der Waals surface area contributed by atoms with Gasteiger partial charge in [-0.15, -0.1) is 0 Å². The number of benzene rings is 2. The predicted molar refractivity (Wildman–Crippen MR) is 121 cm³/mol. The lowest BCUT2D eigenvalue weighted by molar-refractivity contribution is -0.122. The van der Waals surface area contributed by atoms with Gasteiger partial charge in [0.2, 0.25) is 5.91 Å². The summed E-state index contributed by atoms with van der Waals surface area (Å²) in [5.41, 5.74) is 5.14. The normalized spacial score (nSPS) is 10.6. The molecule has 0 aliphatic heterocycles. The monoisotopic (exact) mass is 516 g/mol. The molecule has 2 amide bonds. The van der Waals surface area contributed by atoms with Crippen molar-refractivity contribution in [2.24, 2.45) is 5.92 Å². The van der Waals surface area contributed by atoms with E-state index in [0.717, 1.165) is 4.47 Å². The molecule has 2 N–H and O–H groups in total. The van der Waals surface area contributed by atoms with E-state index in [0.29, 0.717) is 52.7 Å². The van der Waals surface area contributed by atoms with Crippen molar-refractivity contribution in [3.8, 4) is 11.5 Å². The Kier molecular flexibility index (Phi) is 9.75. The van der Waals surface area contributed by atoms with Crippen molar-refractivity contribution in [2.75, 3.05) is 13.2 Å². The summed E-state index contributed by atoms with van der Waals surface area (Å²) in [5, 5.41) is 0.925. The number of halogens is 3. The molecule has 2 rings (SSSR count). The quantitative estimate of drug-likeness (QED) is 0.344. The van der Waals surface area contributed by atoms with Crippen molar-refractivity contribution in [2.45, 2.75) is 26.7 Å². The van der Waals surface area contributed by atoms with Crippen LogP contribution in [0.25, 0.3) is 0 Å². The number of rotatable bonds is 9. The van der Waals surface area contributed by atoms with Gasteiger partial charge in [0.15, 0.2) is 0 Å². The number of carbonyl (C=O) groups is 2. The van der Waals surface area contributed by atoms with Gasteiger partial charge in [0.1, 0.15) is 11.5 Å². The average Bonchev–Trinajstić information content (AvgIpc) is 2.69. The highest BCUT2D eigenvalue weighted by Crippen LogP contribution is 2.27. The van der Waals surface area contributed by atoms with Crippen LogP contribution < -0.4 is 20.3 Å². The third-order valence-corrected chi connectivity index (χ3v) is 4.80. The van der Waals surface area contributed by atoms with Crippen LogP contribution in [0.15, 0.2) is 40.9 Å². The summed E-state index contributed by atoms with van der Waals surface area (Å²) in [6.45, 7) is 4.81. The molecule has 0 radical (unpaired) electrons. The minimum absolute atomic E-state index is 0.167. The van der Waals surface area contributed by atoms with Gasteiger partial charge < -0.3 is 9.47 Å². The molecule has 0 bridgehead atoms. The van der Waals surface area contributed by atoms with Crippen LogP contribution in [0.4, 0.5) is 0 Å². The van der Waals surface area contributed by atoms with Crippen LogP contribution in [-0.4, -0.2) is 25.0 Å². The lowest BCUT2D eigenvalue weighted by Gasteiger charge is -2.14. The highest BCUT2D eigenvalue weighted by Gasteiger charge is 2.15. The van der Waals surface area contributed by atoms with Crippen LogP contribution in [0.3, 0.4) is 0 Å². The van der Waals surface area contributed by atoms with Gasteiger partial charge >= 0.3 is 0 Å². The third kappa shape index (κ3) is 8.05. The smallest absolute Gasteiger partial charge is 0.273 e. The summed E-state index contributed by atoms with van der Waals surface area (Å²) >= 11 is 15.2. The van der Waals surface area contributed by atoms with Gasteiger partial charge in [0, 0.05) is 15.9 Å². The number of hydrogen-bond donors (Lipinski definition) is 2. The topological polar surface area (TPSA) is 76.7 Å². The van der Waals surface area contributed by atoms with Crippen LogP contribution in [0, 0.1) is 5.92 Å². The van der Waals surface area contributed by atoms with Crippen molar-refractivity contribution in [1.29, 1.82) is 0 Å². The molecule has 0 fully saturated rings. The van der Waals surface area contributed by atoms with Gasteiger partial charge in [-0.1, -0.05) is 53.0 Å².